The van der Waals surface area contributed by atoms with Gasteiger partial charge >= 0.3 is 0 Å². The van der Waals surface area contributed by atoms with Gasteiger partial charge in [0.2, 0.25) is 5.91 Å². The molecule has 0 heterocycles. The lowest BCUT2D eigenvalue weighted by Crippen LogP contribution is -2.42. The number of amides is 2. The quantitative estimate of drug-likeness (QED) is 0.814. The Bertz CT molecular complexity index is 750. The van der Waals surface area contributed by atoms with E-state index in [1.165, 1.54) is 38.5 Å². The van der Waals surface area contributed by atoms with Crippen molar-refractivity contribution in [3.05, 3.63) is 58.9 Å². The molecule has 25 heavy (non-hydrogen) atoms. The number of carbonyl (C=O) groups excluding carboxylic acids is 2. The van der Waals surface area contributed by atoms with E-state index in [-0.39, 0.29) is 17.8 Å². The van der Waals surface area contributed by atoms with Crippen molar-refractivity contribution in [1.29, 1.82) is 0 Å². The summed E-state index contributed by atoms with van der Waals surface area (Å²) in [5.41, 5.74) is 6.32. The number of hydrogen-bond donors (Lipinski definition) is 2. The first kappa shape index (κ1) is 18.3. The number of halogens is 1. The number of nitrogens with one attached hydrogen (secondary N) is 2. The van der Waals surface area contributed by atoms with Gasteiger partial charge in [-0.05, 0) is 36.8 Å². The van der Waals surface area contributed by atoms with E-state index in [0.717, 1.165) is 5.56 Å². The second-order valence-corrected chi connectivity index (χ2v) is 5.31. The summed E-state index contributed by atoms with van der Waals surface area (Å²) in [6.45, 7) is 1.81. The molecule has 0 atom stereocenters. The number of ether oxygens (including phenoxy) is 2. The van der Waals surface area contributed by atoms with E-state index in [1.54, 1.807) is 12.1 Å². The fourth-order valence-corrected chi connectivity index (χ4v) is 2.25. The molecule has 2 aromatic rings. The van der Waals surface area contributed by atoms with E-state index >= 15 is 0 Å². The summed E-state index contributed by atoms with van der Waals surface area (Å²) in [7, 11) is 2.99. The van der Waals surface area contributed by atoms with Crippen LogP contribution in [0.1, 0.15) is 21.5 Å². The highest BCUT2D eigenvalue weighted by atomic mass is 19.1. The van der Waals surface area contributed by atoms with Gasteiger partial charge < -0.3 is 9.47 Å². The van der Waals surface area contributed by atoms with Crippen LogP contribution in [-0.2, 0) is 11.2 Å². The standard InChI is InChI=1S/C18H19FN2O4/c1-11-15(24-2)9-13(10-16(11)25-3)18(23)21-20-17(22)8-12-4-6-14(19)7-5-12/h4-7,9-10H,8H2,1-3H3,(H,20,22)(H,21,23). The van der Waals surface area contributed by atoms with Gasteiger partial charge in [0.1, 0.15) is 17.3 Å². The smallest absolute Gasteiger partial charge is 0.269 e. The van der Waals surface area contributed by atoms with Crippen LogP contribution in [0.4, 0.5) is 4.39 Å². The first-order valence-corrected chi connectivity index (χ1v) is 7.51. The summed E-state index contributed by atoms with van der Waals surface area (Å²) >= 11 is 0. The second kappa shape index (κ2) is 8.14. The summed E-state index contributed by atoms with van der Waals surface area (Å²) in [6, 6.07) is 8.66. The Labute approximate surface area is 144 Å². The number of hydrazine groups is 1. The Hall–Kier alpha value is -3.09. The van der Waals surface area contributed by atoms with Crippen LogP contribution in [0.15, 0.2) is 36.4 Å². The summed E-state index contributed by atoms with van der Waals surface area (Å²) in [4.78, 5) is 24.1. The minimum Gasteiger partial charge on any atom is -0.496 e. The Morgan fingerprint density at radius 3 is 2.08 bits per heavy atom. The second-order valence-electron chi connectivity index (χ2n) is 5.31. The third kappa shape index (κ3) is 4.69. The van der Waals surface area contributed by atoms with Gasteiger partial charge in [0.25, 0.3) is 5.91 Å². The molecule has 0 aliphatic carbocycles. The van der Waals surface area contributed by atoms with E-state index in [1.807, 2.05) is 6.92 Å². The van der Waals surface area contributed by atoms with E-state index < -0.39 is 11.8 Å². The minimum atomic E-state index is -0.510. The summed E-state index contributed by atoms with van der Waals surface area (Å²) in [5.74, 6) is -0.306. The van der Waals surface area contributed by atoms with Crippen LogP contribution in [0.5, 0.6) is 11.5 Å². The number of hydrogen-bond acceptors (Lipinski definition) is 4. The van der Waals surface area contributed by atoms with Gasteiger partial charge in [0, 0.05) is 11.1 Å². The number of benzene rings is 2. The highest BCUT2D eigenvalue weighted by molar-refractivity contribution is 5.96. The highest BCUT2D eigenvalue weighted by Gasteiger charge is 2.14. The van der Waals surface area contributed by atoms with Crippen molar-refractivity contribution in [2.75, 3.05) is 14.2 Å². The van der Waals surface area contributed by atoms with Gasteiger partial charge in [-0.2, -0.15) is 0 Å². The maximum atomic E-state index is 12.8. The largest absolute Gasteiger partial charge is 0.496 e. The molecule has 2 rings (SSSR count). The predicted molar refractivity (Wildman–Crippen MR) is 90.0 cm³/mol. The molecule has 0 radical (unpaired) electrons. The van der Waals surface area contributed by atoms with Crippen LogP contribution in [0.2, 0.25) is 0 Å². The molecule has 0 saturated carbocycles. The molecule has 0 aliphatic rings. The fourth-order valence-electron chi connectivity index (χ4n) is 2.25. The van der Waals surface area contributed by atoms with Gasteiger partial charge in [0.05, 0.1) is 20.6 Å². The van der Waals surface area contributed by atoms with Gasteiger partial charge in [-0.25, -0.2) is 4.39 Å². The minimum absolute atomic E-state index is 0.0150. The number of methoxy groups -OCH3 is 2. The molecule has 2 amide bonds. The Morgan fingerprint density at radius 2 is 1.56 bits per heavy atom. The van der Waals surface area contributed by atoms with E-state index in [2.05, 4.69) is 10.9 Å². The third-order valence-electron chi connectivity index (χ3n) is 3.61. The average molecular weight is 346 g/mol. The Morgan fingerprint density at radius 1 is 1.00 bits per heavy atom. The lowest BCUT2D eigenvalue weighted by molar-refractivity contribution is -0.121. The molecule has 132 valence electrons. The van der Waals surface area contributed by atoms with Crippen LogP contribution >= 0.6 is 0 Å². The van der Waals surface area contributed by atoms with Gasteiger partial charge in [-0.3, -0.25) is 20.4 Å². The zero-order valence-corrected chi connectivity index (χ0v) is 14.2. The van der Waals surface area contributed by atoms with Crippen molar-refractivity contribution in [2.45, 2.75) is 13.3 Å². The lowest BCUT2D eigenvalue weighted by Gasteiger charge is -2.13. The third-order valence-corrected chi connectivity index (χ3v) is 3.61. The zero-order valence-electron chi connectivity index (χ0n) is 14.2. The lowest BCUT2D eigenvalue weighted by atomic mass is 10.1. The van der Waals surface area contributed by atoms with E-state index in [9.17, 15) is 14.0 Å². The molecule has 7 heteroatoms. The molecule has 0 aliphatic heterocycles. The van der Waals surface area contributed by atoms with Crippen LogP contribution in [-0.4, -0.2) is 26.0 Å². The maximum Gasteiger partial charge on any atom is 0.269 e. The normalized spacial score (nSPS) is 10.1. The number of carbonyl (C=O) groups is 2. The van der Waals surface area contributed by atoms with Crippen molar-refractivity contribution in [2.24, 2.45) is 0 Å². The Balaban J connectivity index is 2.00. The molecule has 0 bridgehead atoms. The summed E-state index contributed by atoms with van der Waals surface area (Å²) < 4.78 is 23.3. The fraction of sp³-hybridized carbons (Fsp3) is 0.222. The van der Waals surface area contributed by atoms with Crippen LogP contribution in [0.3, 0.4) is 0 Å². The van der Waals surface area contributed by atoms with Crippen LogP contribution in [0.25, 0.3) is 0 Å². The molecule has 2 aromatic carbocycles. The van der Waals surface area contributed by atoms with Crippen molar-refractivity contribution in [3.63, 3.8) is 0 Å². The highest BCUT2D eigenvalue weighted by Crippen LogP contribution is 2.29. The molecule has 0 spiro atoms. The predicted octanol–water partition coefficient (Wildman–Crippen LogP) is 2.16. The SMILES string of the molecule is COc1cc(C(=O)NNC(=O)Cc2ccc(F)cc2)cc(OC)c1C. The van der Waals surface area contributed by atoms with Crippen molar-refractivity contribution < 1.29 is 23.5 Å². The van der Waals surface area contributed by atoms with Crippen molar-refractivity contribution in [3.8, 4) is 11.5 Å². The summed E-state index contributed by atoms with van der Waals surface area (Å²) in [5, 5.41) is 0. The topological polar surface area (TPSA) is 76.7 Å². The first-order chi connectivity index (χ1) is 11.9. The van der Waals surface area contributed by atoms with Crippen molar-refractivity contribution >= 4 is 11.8 Å². The van der Waals surface area contributed by atoms with Crippen molar-refractivity contribution in [1.82, 2.24) is 10.9 Å². The van der Waals surface area contributed by atoms with E-state index in [4.69, 9.17) is 9.47 Å². The molecule has 0 aromatic heterocycles. The van der Waals surface area contributed by atoms with Crippen LogP contribution in [0, 0.1) is 12.7 Å². The molecular formula is C18H19FN2O4. The Kier molecular flexibility index (Phi) is 5.94. The first-order valence-electron chi connectivity index (χ1n) is 7.51. The van der Waals surface area contributed by atoms with Crippen LogP contribution < -0.4 is 20.3 Å². The molecule has 0 saturated heterocycles. The van der Waals surface area contributed by atoms with Gasteiger partial charge in [-0.1, -0.05) is 12.1 Å². The number of rotatable bonds is 5. The zero-order chi connectivity index (χ0) is 18.4. The molecule has 0 fully saturated rings. The van der Waals surface area contributed by atoms with Gasteiger partial charge in [0.15, 0.2) is 0 Å². The average Bonchev–Trinajstić information content (AvgIpc) is 2.61. The molecule has 6 nitrogen and oxygen atoms in total. The van der Waals surface area contributed by atoms with Gasteiger partial charge in [-0.15, -0.1) is 0 Å². The van der Waals surface area contributed by atoms with E-state index in [0.29, 0.717) is 17.1 Å². The monoisotopic (exact) mass is 346 g/mol. The molecule has 2 N–H and O–H groups in total. The molecular weight excluding hydrogens is 327 g/mol. The maximum absolute atomic E-state index is 12.8. The summed E-state index contributed by atoms with van der Waals surface area (Å²) in [6.07, 6.45) is 0.0150. The molecule has 0 unspecified atom stereocenters.